The van der Waals surface area contributed by atoms with Crippen molar-refractivity contribution >= 4 is 22.9 Å². The SMILES string of the molecule is ClCC1CCC1c1cscn1. The molecule has 1 fully saturated rings. The molecule has 0 saturated heterocycles. The Morgan fingerprint density at radius 2 is 2.55 bits per heavy atom. The average Bonchev–Trinajstić information content (AvgIpc) is 2.39. The zero-order valence-electron chi connectivity index (χ0n) is 6.16. The Morgan fingerprint density at radius 3 is 3.00 bits per heavy atom. The fraction of sp³-hybridized carbons (Fsp3) is 0.625. The molecule has 2 rings (SSSR count). The van der Waals surface area contributed by atoms with E-state index in [0.717, 1.165) is 5.88 Å². The molecule has 2 unspecified atom stereocenters. The van der Waals surface area contributed by atoms with Crippen LogP contribution in [0.4, 0.5) is 0 Å². The van der Waals surface area contributed by atoms with Crippen molar-refractivity contribution in [3.8, 4) is 0 Å². The van der Waals surface area contributed by atoms with E-state index in [4.69, 9.17) is 11.6 Å². The molecule has 0 aromatic carbocycles. The van der Waals surface area contributed by atoms with Crippen molar-refractivity contribution in [1.82, 2.24) is 4.98 Å². The van der Waals surface area contributed by atoms with E-state index in [1.54, 1.807) is 11.3 Å². The summed E-state index contributed by atoms with van der Waals surface area (Å²) < 4.78 is 0. The zero-order chi connectivity index (χ0) is 7.68. The van der Waals surface area contributed by atoms with Gasteiger partial charge in [0.05, 0.1) is 11.2 Å². The van der Waals surface area contributed by atoms with Gasteiger partial charge in [0.1, 0.15) is 0 Å². The van der Waals surface area contributed by atoms with Crippen molar-refractivity contribution < 1.29 is 0 Å². The van der Waals surface area contributed by atoms with Crippen LogP contribution in [-0.2, 0) is 0 Å². The third kappa shape index (κ3) is 1.30. The van der Waals surface area contributed by atoms with E-state index in [1.807, 2.05) is 5.51 Å². The van der Waals surface area contributed by atoms with Crippen LogP contribution in [-0.4, -0.2) is 10.9 Å². The van der Waals surface area contributed by atoms with Crippen LogP contribution in [0.5, 0.6) is 0 Å². The number of hydrogen-bond acceptors (Lipinski definition) is 2. The van der Waals surface area contributed by atoms with Gasteiger partial charge in [-0.2, -0.15) is 0 Å². The summed E-state index contributed by atoms with van der Waals surface area (Å²) in [5.41, 5.74) is 3.16. The third-order valence-electron chi connectivity index (χ3n) is 2.45. The summed E-state index contributed by atoms with van der Waals surface area (Å²) in [5, 5.41) is 2.14. The molecule has 11 heavy (non-hydrogen) atoms. The van der Waals surface area contributed by atoms with Gasteiger partial charge >= 0.3 is 0 Å². The Morgan fingerprint density at radius 1 is 1.64 bits per heavy atom. The normalized spacial score (nSPS) is 29.9. The van der Waals surface area contributed by atoms with Gasteiger partial charge in [0, 0.05) is 17.2 Å². The molecular weight excluding hydrogens is 178 g/mol. The molecule has 1 saturated carbocycles. The highest BCUT2D eigenvalue weighted by Crippen LogP contribution is 2.42. The summed E-state index contributed by atoms with van der Waals surface area (Å²) in [5.74, 6) is 2.15. The maximum Gasteiger partial charge on any atom is 0.0794 e. The summed E-state index contributed by atoms with van der Waals surface area (Å²) >= 11 is 7.47. The second-order valence-electron chi connectivity index (χ2n) is 3.01. The van der Waals surface area contributed by atoms with Crippen molar-refractivity contribution in [2.24, 2.45) is 5.92 Å². The zero-order valence-corrected chi connectivity index (χ0v) is 7.74. The van der Waals surface area contributed by atoms with E-state index >= 15 is 0 Å². The third-order valence-corrected chi connectivity index (χ3v) is 3.45. The van der Waals surface area contributed by atoms with Crippen molar-refractivity contribution in [1.29, 1.82) is 0 Å². The first kappa shape index (κ1) is 7.56. The van der Waals surface area contributed by atoms with Crippen LogP contribution >= 0.6 is 22.9 Å². The molecular formula is C8H10ClNS. The predicted octanol–water partition coefficient (Wildman–Crippen LogP) is 2.88. The van der Waals surface area contributed by atoms with Crippen molar-refractivity contribution in [2.75, 3.05) is 5.88 Å². The quantitative estimate of drug-likeness (QED) is 0.649. The molecule has 1 heterocycles. The van der Waals surface area contributed by atoms with Crippen LogP contribution in [0.25, 0.3) is 0 Å². The number of thiazole rings is 1. The number of nitrogens with zero attached hydrogens (tertiary/aromatic N) is 1. The van der Waals surface area contributed by atoms with Crippen LogP contribution in [0.2, 0.25) is 0 Å². The maximum absolute atomic E-state index is 5.79. The number of alkyl halides is 1. The van der Waals surface area contributed by atoms with Crippen molar-refractivity contribution in [2.45, 2.75) is 18.8 Å². The van der Waals surface area contributed by atoms with E-state index in [1.165, 1.54) is 18.5 Å². The number of halogens is 1. The maximum atomic E-state index is 5.79. The minimum Gasteiger partial charge on any atom is -0.249 e. The summed E-state index contributed by atoms with van der Waals surface area (Å²) in [7, 11) is 0. The molecule has 0 aliphatic heterocycles. The second kappa shape index (κ2) is 3.11. The lowest BCUT2D eigenvalue weighted by Gasteiger charge is -2.33. The van der Waals surface area contributed by atoms with Gasteiger partial charge < -0.3 is 0 Å². The Balaban J connectivity index is 2.07. The number of aromatic nitrogens is 1. The van der Waals surface area contributed by atoms with E-state index < -0.39 is 0 Å². The van der Waals surface area contributed by atoms with Gasteiger partial charge in [-0.05, 0) is 18.8 Å². The standard InChI is InChI=1S/C8H10ClNS/c9-3-6-1-2-7(6)8-4-11-5-10-8/h4-7H,1-3H2. The Hall–Kier alpha value is -0.0800. The minimum atomic E-state index is 0.666. The van der Waals surface area contributed by atoms with Gasteiger partial charge in [0.25, 0.3) is 0 Å². The molecule has 1 aromatic rings. The number of hydrogen-bond donors (Lipinski definition) is 0. The summed E-state index contributed by atoms with van der Waals surface area (Å²) in [6, 6.07) is 0. The molecule has 0 amide bonds. The molecule has 1 aliphatic rings. The average molecular weight is 188 g/mol. The lowest BCUT2D eigenvalue weighted by Crippen LogP contribution is -2.25. The molecule has 0 radical (unpaired) electrons. The van der Waals surface area contributed by atoms with E-state index in [0.29, 0.717) is 11.8 Å². The van der Waals surface area contributed by atoms with Crippen LogP contribution in [0.1, 0.15) is 24.5 Å². The minimum absolute atomic E-state index is 0.666. The van der Waals surface area contributed by atoms with E-state index in [2.05, 4.69) is 10.4 Å². The summed E-state index contributed by atoms with van der Waals surface area (Å²) in [4.78, 5) is 4.30. The van der Waals surface area contributed by atoms with Gasteiger partial charge in [0.2, 0.25) is 0 Å². The van der Waals surface area contributed by atoms with Crippen LogP contribution < -0.4 is 0 Å². The van der Waals surface area contributed by atoms with Crippen LogP contribution in [0, 0.1) is 5.92 Å². The highest BCUT2D eigenvalue weighted by molar-refractivity contribution is 7.07. The van der Waals surface area contributed by atoms with E-state index in [9.17, 15) is 0 Å². The Kier molecular flexibility index (Phi) is 2.14. The first-order chi connectivity index (χ1) is 5.42. The topological polar surface area (TPSA) is 12.9 Å². The molecule has 0 spiro atoms. The predicted molar refractivity (Wildman–Crippen MR) is 48.3 cm³/mol. The number of rotatable bonds is 2. The van der Waals surface area contributed by atoms with Gasteiger partial charge in [-0.1, -0.05) is 0 Å². The van der Waals surface area contributed by atoms with Gasteiger partial charge in [-0.15, -0.1) is 22.9 Å². The molecule has 2 atom stereocenters. The smallest absolute Gasteiger partial charge is 0.0794 e. The summed E-state index contributed by atoms with van der Waals surface area (Å²) in [6.45, 7) is 0. The first-order valence-electron chi connectivity index (χ1n) is 3.86. The largest absolute Gasteiger partial charge is 0.249 e. The van der Waals surface area contributed by atoms with Gasteiger partial charge in [0.15, 0.2) is 0 Å². The van der Waals surface area contributed by atoms with Crippen LogP contribution in [0.3, 0.4) is 0 Å². The molecule has 1 nitrogen and oxygen atoms in total. The highest BCUT2D eigenvalue weighted by atomic mass is 35.5. The molecule has 1 aromatic heterocycles. The molecule has 0 bridgehead atoms. The molecule has 3 heteroatoms. The fourth-order valence-corrected chi connectivity index (χ4v) is 2.54. The highest BCUT2D eigenvalue weighted by Gasteiger charge is 2.32. The second-order valence-corrected chi connectivity index (χ2v) is 4.04. The van der Waals surface area contributed by atoms with Crippen molar-refractivity contribution in [3.63, 3.8) is 0 Å². The first-order valence-corrected chi connectivity index (χ1v) is 5.33. The Labute approximate surface area is 75.4 Å². The van der Waals surface area contributed by atoms with Crippen LogP contribution in [0.15, 0.2) is 10.9 Å². The van der Waals surface area contributed by atoms with Gasteiger partial charge in [-0.3, -0.25) is 0 Å². The molecule has 0 N–H and O–H groups in total. The fourth-order valence-electron chi connectivity index (χ4n) is 1.55. The molecule has 60 valence electrons. The van der Waals surface area contributed by atoms with Crippen molar-refractivity contribution in [3.05, 3.63) is 16.6 Å². The molecule has 1 aliphatic carbocycles. The summed E-state index contributed by atoms with van der Waals surface area (Å²) in [6.07, 6.45) is 2.56. The lowest BCUT2D eigenvalue weighted by molar-refractivity contribution is 0.280. The lowest BCUT2D eigenvalue weighted by atomic mass is 9.73. The Bertz CT molecular complexity index is 220. The van der Waals surface area contributed by atoms with Gasteiger partial charge in [-0.25, -0.2) is 4.98 Å². The monoisotopic (exact) mass is 187 g/mol. The van der Waals surface area contributed by atoms with E-state index in [-0.39, 0.29) is 0 Å².